The highest BCUT2D eigenvalue weighted by Gasteiger charge is 2.18. The Kier molecular flexibility index (Phi) is 5.36. The Balaban J connectivity index is 1.70. The topological polar surface area (TPSA) is 58.6 Å². The van der Waals surface area contributed by atoms with Crippen molar-refractivity contribution in [2.75, 3.05) is 31.6 Å². The zero-order chi connectivity index (χ0) is 17.8. The number of benzene rings is 2. The van der Waals surface area contributed by atoms with Gasteiger partial charge in [0.2, 0.25) is 0 Å². The Morgan fingerprint density at radius 3 is 2.36 bits per heavy atom. The third kappa shape index (κ3) is 4.00. The Morgan fingerprint density at radius 2 is 1.68 bits per heavy atom. The van der Waals surface area contributed by atoms with Crippen molar-refractivity contribution in [3.63, 3.8) is 0 Å². The molecule has 1 saturated heterocycles. The molecule has 5 nitrogen and oxygen atoms in total. The fraction of sp³-hybridized carbons (Fsp3) is 0.263. The molecular formula is C19H19ClN2O3. The number of hydrogen-bond acceptors (Lipinski definition) is 3. The van der Waals surface area contributed by atoms with Gasteiger partial charge in [0.15, 0.2) is 0 Å². The summed E-state index contributed by atoms with van der Waals surface area (Å²) in [6.07, 6.45) is 0. The Hall–Kier alpha value is -2.37. The number of hydrogen-bond donors (Lipinski definition) is 1. The van der Waals surface area contributed by atoms with Gasteiger partial charge >= 0.3 is 0 Å². The van der Waals surface area contributed by atoms with Crippen LogP contribution in [0.4, 0.5) is 5.69 Å². The molecule has 25 heavy (non-hydrogen) atoms. The zero-order valence-electron chi connectivity index (χ0n) is 13.9. The van der Waals surface area contributed by atoms with Gasteiger partial charge in [0.05, 0.1) is 13.2 Å². The first-order valence-electron chi connectivity index (χ1n) is 8.10. The third-order valence-electron chi connectivity index (χ3n) is 4.21. The predicted octanol–water partition coefficient (Wildman–Crippen LogP) is 3.37. The van der Waals surface area contributed by atoms with E-state index in [0.717, 1.165) is 5.56 Å². The van der Waals surface area contributed by atoms with Crippen molar-refractivity contribution >= 4 is 29.1 Å². The molecule has 0 bridgehead atoms. The summed E-state index contributed by atoms with van der Waals surface area (Å²) in [5.74, 6) is -0.281. The number of carbonyl (C=O) groups is 2. The summed E-state index contributed by atoms with van der Waals surface area (Å²) in [4.78, 5) is 26.6. The van der Waals surface area contributed by atoms with E-state index >= 15 is 0 Å². The van der Waals surface area contributed by atoms with E-state index in [9.17, 15) is 9.59 Å². The van der Waals surface area contributed by atoms with Crippen molar-refractivity contribution in [3.05, 3.63) is 64.2 Å². The first-order chi connectivity index (χ1) is 12.1. The number of halogens is 1. The molecule has 1 fully saturated rings. The number of carbonyl (C=O) groups excluding carboxylic acids is 2. The standard InChI is InChI=1S/C19H19ClN2O3/c1-13-16(20)3-2-4-17(13)21-18(23)14-5-7-15(8-6-14)19(24)22-9-11-25-12-10-22/h2-8H,9-12H2,1H3,(H,21,23). The minimum Gasteiger partial charge on any atom is -0.378 e. The van der Waals surface area contributed by atoms with E-state index in [-0.39, 0.29) is 11.8 Å². The second-order valence-electron chi connectivity index (χ2n) is 5.85. The number of anilines is 1. The predicted molar refractivity (Wildman–Crippen MR) is 97.3 cm³/mol. The zero-order valence-corrected chi connectivity index (χ0v) is 14.7. The van der Waals surface area contributed by atoms with E-state index in [1.165, 1.54) is 0 Å². The summed E-state index contributed by atoms with van der Waals surface area (Å²) in [5, 5.41) is 3.45. The van der Waals surface area contributed by atoms with Crippen LogP contribution in [0.5, 0.6) is 0 Å². The van der Waals surface area contributed by atoms with Crippen molar-refractivity contribution < 1.29 is 14.3 Å². The molecule has 1 aliphatic rings. The van der Waals surface area contributed by atoms with Crippen molar-refractivity contribution in [1.82, 2.24) is 4.90 Å². The van der Waals surface area contributed by atoms with Crippen LogP contribution in [0.2, 0.25) is 5.02 Å². The average Bonchev–Trinajstić information content (AvgIpc) is 2.65. The molecule has 2 aromatic rings. The van der Waals surface area contributed by atoms with Crippen LogP contribution in [0.1, 0.15) is 26.3 Å². The quantitative estimate of drug-likeness (QED) is 0.915. The van der Waals surface area contributed by atoms with Crippen LogP contribution < -0.4 is 5.32 Å². The molecule has 0 spiro atoms. The SMILES string of the molecule is Cc1c(Cl)cccc1NC(=O)c1ccc(C(=O)N2CCOCC2)cc1. The van der Waals surface area contributed by atoms with Crippen molar-refractivity contribution in [3.8, 4) is 0 Å². The van der Waals surface area contributed by atoms with Crippen LogP contribution in [0.25, 0.3) is 0 Å². The molecule has 0 aromatic heterocycles. The number of nitrogens with zero attached hydrogens (tertiary/aromatic N) is 1. The van der Waals surface area contributed by atoms with E-state index in [0.29, 0.717) is 48.1 Å². The van der Waals surface area contributed by atoms with Crippen molar-refractivity contribution in [1.29, 1.82) is 0 Å². The largest absolute Gasteiger partial charge is 0.378 e. The maximum absolute atomic E-state index is 12.4. The van der Waals surface area contributed by atoms with Gasteiger partial charge < -0.3 is 15.0 Å². The molecule has 0 atom stereocenters. The highest BCUT2D eigenvalue weighted by atomic mass is 35.5. The first-order valence-corrected chi connectivity index (χ1v) is 8.47. The molecule has 2 amide bonds. The maximum Gasteiger partial charge on any atom is 0.255 e. The molecule has 2 aromatic carbocycles. The Morgan fingerprint density at radius 1 is 1.04 bits per heavy atom. The molecule has 0 aliphatic carbocycles. The summed E-state index contributed by atoms with van der Waals surface area (Å²) < 4.78 is 5.25. The van der Waals surface area contributed by atoms with Crippen LogP contribution in [0, 0.1) is 6.92 Å². The van der Waals surface area contributed by atoms with Gasteiger partial charge in [0.25, 0.3) is 11.8 Å². The van der Waals surface area contributed by atoms with E-state index in [1.54, 1.807) is 47.4 Å². The molecule has 0 unspecified atom stereocenters. The van der Waals surface area contributed by atoms with Gasteiger partial charge in [-0.05, 0) is 48.9 Å². The monoisotopic (exact) mass is 358 g/mol. The molecule has 1 aliphatic heterocycles. The summed E-state index contributed by atoms with van der Waals surface area (Å²) in [5.41, 5.74) is 2.54. The lowest BCUT2D eigenvalue weighted by Crippen LogP contribution is -2.40. The van der Waals surface area contributed by atoms with Gasteiger partial charge in [0, 0.05) is 34.9 Å². The number of rotatable bonds is 3. The summed E-state index contributed by atoms with van der Waals surface area (Å²) in [6.45, 7) is 4.16. The average molecular weight is 359 g/mol. The van der Waals surface area contributed by atoms with Crippen molar-refractivity contribution in [2.45, 2.75) is 6.92 Å². The molecule has 6 heteroatoms. The Bertz CT molecular complexity index is 784. The second kappa shape index (κ2) is 7.68. The van der Waals surface area contributed by atoms with Crippen LogP contribution in [0.15, 0.2) is 42.5 Å². The second-order valence-corrected chi connectivity index (χ2v) is 6.26. The first kappa shape index (κ1) is 17.5. The highest BCUT2D eigenvalue weighted by molar-refractivity contribution is 6.31. The van der Waals surface area contributed by atoms with Crippen LogP contribution >= 0.6 is 11.6 Å². The van der Waals surface area contributed by atoms with Gasteiger partial charge in [-0.1, -0.05) is 17.7 Å². The molecule has 130 valence electrons. The smallest absolute Gasteiger partial charge is 0.255 e. The van der Waals surface area contributed by atoms with E-state index in [1.807, 2.05) is 6.92 Å². The van der Waals surface area contributed by atoms with E-state index < -0.39 is 0 Å². The van der Waals surface area contributed by atoms with Crippen LogP contribution in [0.3, 0.4) is 0 Å². The lowest BCUT2D eigenvalue weighted by molar-refractivity contribution is 0.0303. The van der Waals surface area contributed by atoms with Crippen LogP contribution in [-0.2, 0) is 4.74 Å². The van der Waals surface area contributed by atoms with E-state index in [2.05, 4.69) is 5.32 Å². The Labute approximate surface area is 151 Å². The fourth-order valence-electron chi connectivity index (χ4n) is 2.65. The fourth-order valence-corrected chi connectivity index (χ4v) is 2.83. The molecule has 3 rings (SSSR count). The minimum atomic E-state index is -0.240. The minimum absolute atomic E-state index is 0.0408. The summed E-state index contributed by atoms with van der Waals surface area (Å²) in [7, 11) is 0. The van der Waals surface area contributed by atoms with Crippen molar-refractivity contribution in [2.24, 2.45) is 0 Å². The maximum atomic E-state index is 12.4. The van der Waals surface area contributed by atoms with E-state index in [4.69, 9.17) is 16.3 Å². The number of morpholine rings is 1. The molecular weight excluding hydrogens is 340 g/mol. The molecule has 0 saturated carbocycles. The number of nitrogens with one attached hydrogen (secondary N) is 1. The summed E-state index contributed by atoms with van der Waals surface area (Å²) >= 11 is 6.07. The van der Waals surface area contributed by atoms with Gasteiger partial charge in [-0.2, -0.15) is 0 Å². The number of amides is 2. The number of ether oxygens (including phenoxy) is 1. The van der Waals surface area contributed by atoms with Gasteiger partial charge in [-0.25, -0.2) is 0 Å². The lowest BCUT2D eigenvalue weighted by atomic mass is 10.1. The normalized spacial score (nSPS) is 14.2. The van der Waals surface area contributed by atoms with Gasteiger partial charge in [-0.3, -0.25) is 9.59 Å². The molecule has 1 heterocycles. The van der Waals surface area contributed by atoms with Crippen LogP contribution in [-0.4, -0.2) is 43.0 Å². The lowest BCUT2D eigenvalue weighted by Gasteiger charge is -2.26. The highest BCUT2D eigenvalue weighted by Crippen LogP contribution is 2.23. The molecule has 1 N–H and O–H groups in total. The third-order valence-corrected chi connectivity index (χ3v) is 4.62. The van der Waals surface area contributed by atoms with Gasteiger partial charge in [-0.15, -0.1) is 0 Å². The molecule has 0 radical (unpaired) electrons. The van der Waals surface area contributed by atoms with Gasteiger partial charge in [0.1, 0.15) is 0 Å². The summed E-state index contributed by atoms with van der Waals surface area (Å²) in [6, 6.07) is 12.0.